The molecule has 1 aromatic heterocycles. The zero-order valence-corrected chi connectivity index (χ0v) is 14.6. The molecule has 1 aromatic carbocycles. The van der Waals surface area contributed by atoms with Gasteiger partial charge in [0.05, 0.1) is 11.8 Å². The highest BCUT2D eigenvalue weighted by atomic mass is 35.5. The van der Waals surface area contributed by atoms with Gasteiger partial charge >= 0.3 is 0 Å². The quantitative estimate of drug-likeness (QED) is 0.886. The Kier molecular flexibility index (Phi) is 5.39. The second kappa shape index (κ2) is 7.51. The third-order valence-electron chi connectivity index (χ3n) is 4.75. The molecule has 3 rings (SSSR count). The maximum Gasteiger partial charge on any atom is 0.138 e. The lowest BCUT2D eigenvalue weighted by Gasteiger charge is -2.34. The molecule has 2 N–H and O–H groups in total. The molecule has 1 aliphatic rings. The molecule has 0 aliphatic carbocycles. The van der Waals surface area contributed by atoms with Crippen LogP contribution < -0.4 is 0 Å². The highest BCUT2D eigenvalue weighted by Crippen LogP contribution is 2.32. The van der Waals surface area contributed by atoms with Crippen LogP contribution in [0.5, 0.6) is 5.75 Å². The first-order chi connectivity index (χ1) is 11.5. The molecular formula is C19H23ClN2O2. The maximum absolute atomic E-state index is 10.6. The molecule has 24 heavy (non-hydrogen) atoms. The third-order valence-corrected chi connectivity index (χ3v) is 5.01. The summed E-state index contributed by atoms with van der Waals surface area (Å²) >= 11 is 5.91. The standard InChI is InChI=1S/C19H23ClN2O2/c1-13-2-7-18(23)17(21-13)12-22-10-8-15(9-11-22)19(24)14-3-5-16(20)6-4-14/h2-7,15,19,23-24H,8-12H2,1H3. The van der Waals surface area contributed by atoms with E-state index in [0.717, 1.165) is 42.9 Å². The van der Waals surface area contributed by atoms with Gasteiger partial charge in [-0.3, -0.25) is 9.88 Å². The van der Waals surface area contributed by atoms with Gasteiger partial charge in [0.1, 0.15) is 5.75 Å². The summed E-state index contributed by atoms with van der Waals surface area (Å²) in [6.07, 6.45) is 1.40. The fraction of sp³-hybridized carbons (Fsp3) is 0.421. The number of likely N-dealkylation sites (tertiary alicyclic amines) is 1. The first-order valence-electron chi connectivity index (χ1n) is 8.34. The summed E-state index contributed by atoms with van der Waals surface area (Å²) in [7, 11) is 0. The van der Waals surface area contributed by atoms with Crippen LogP contribution in [-0.2, 0) is 6.54 Å². The van der Waals surface area contributed by atoms with E-state index in [-0.39, 0.29) is 11.7 Å². The topological polar surface area (TPSA) is 56.6 Å². The number of nitrogens with zero attached hydrogens (tertiary/aromatic N) is 2. The number of benzene rings is 1. The van der Waals surface area contributed by atoms with Crippen LogP contribution in [0.25, 0.3) is 0 Å². The lowest BCUT2D eigenvalue weighted by atomic mass is 9.87. The molecule has 1 saturated heterocycles. The van der Waals surface area contributed by atoms with Crippen LogP contribution in [0.2, 0.25) is 5.02 Å². The molecule has 2 heterocycles. The van der Waals surface area contributed by atoms with Crippen molar-refractivity contribution in [1.29, 1.82) is 0 Å². The van der Waals surface area contributed by atoms with E-state index in [2.05, 4.69) is 9.88 Å². The predicted molar refractivity (Wildman–Crippen MR) is 95.1 cm³/mol. The Bertz CT molecular complexity index is 682. The predicted octanol–water partition coefficient (Wildman–Crippen LogP) is 3.69. The summed E-state index contributed by atoms with van der Waals surface area (Å²) < 4.78 is 0. The van der Waals surface area contributed by atoms with Gasteiger partial charge in [-0.05, 0) is 68.6 Å². The van der Waals surface area contributed by atoms with E-state index in [1.807, 2.05) is 37.3 Å². The van der Waals surface area contributed by atoms with E-state index < -0.39 is 6.10 Å². The Hall–Kier alpha value is -1.62. The van der Waals surface area contributed by atoms with Crippen LogP contribution in [0.15, 0.2) is 36.4 Å². The number of aromatic hydroxyl groups is 1. The Labute approximate surface area is 147 Å². The van der Waals surface area contributed by atoms with Crippen molar-refractivity contribution in [3.05, 3.63) is 58.4 Å². The highest BCUT2D eigenvalue weighted by molar-refractivity contribution is 6.30. The van der Waals surface area contributed by atoms with Crippen molar-refractivity contribution in [3.63, 3.8) is 0 Å². The summed E-state index contributed by atoms with van der Waals surface area (Å²) in [6, 6.07) is 11.0. The first kappa shape index (κ1) is 17.2. The zero-order chi connectivity index (χ0) is 17.1. The van der Waals surface area contributed by atoms with Crippen LogP contribution in [-0.4, -0.2) is 33.2 Å². The molecule has 0 radical (unpaired) electrons. The molecule has 128 valence electrons. The summed E-state index contributed by atoms with van der Waals surface area (Å²) in [6.45, 7) is 4.36. The van der Waals surface area contributed by atoms with Crippen LogP contribution >= 0.6 is 11.6 Å². The summed E-state index contributed by atoms with van der Waals surface area (Å²) in [5.74, 6) is 0.505. The lowest BCUT2D eigenvalue weighted by molar-refractivity contribution is 0.0562. The molecular weight excluding hydrogens is 324 g/mol. The van der Waals surface area contributed by atoms with Crippen LogP contribution in [0.4, 0.5) is 0 Å². The monoisotopic (exact) mass is 346 g/mol. The Morgan fingerprint density at radius 1 is 1.17 bits per heavy atom. The number of rotatable bonds is 4. The number of aliphatic hydroxyl groups excluding tert-OH is 1. The fourth-order valence-electron chi connectivity index (χ4n) is 3.29. The molecule has 4 nitrogen and oxygen atoms in total. The van der Waals surface area contributed by atoms with Crippen molar-refractivity contribution in [2.75, 3.05) is 13.1 Å². The number of pyridine rings is 1. The second-order valence-electron chi connectivity index (χ2n) is 6.53. The molecule has 0 amide bonds. The number of aromatic nitrogens is 1. The van der Waals surface area contributed by atoms with Gasteiger partial charge in [0.15, 0.2) is 0 Å². The Morgan fingerprint density at radius 2 is 1.83 bits per heavy atom. The maximum atomic E-state index is 10.6. The average Bonchev–Trinajstić information content (AvgIpc) is 2.59. The Balaban J connectivity index is 1.57. The largest absolute Gasteiger partial charge is 0.506 e. The number of hydrogen-bond acceptors (Lipinski definition) is 4. The smallest absolute Gasteiger partial charge is 0.138 e. The van der Waals surface area contributed by atoms with Gasteiger partial charge in [-0.1, -0.05) is 23.7 Å². The van der Waals surface area contributed by atoms with Crippen LogP contribution in [0.3, 0.4) is 0 Å². The first-order valence-corrected chi connectivity index (χ1v) is 8.72. The fourth-order valence-corrected chi connectivity index (χ4v) is 3.42. The SMILES string of the molecule is Cc1ccc(O)c(CN2CCC(C(O)c3ccc(Cl)cc3)CC2)n1. The van der Waals surface area contributed by atoms with E-state index >= 15 is 0 Å². The molecule has 5 heteroatoms. The van der Waals surface area contributed by atoms with Crippen LogP contribution in [0.1, 0.15) is 35.9 Å². The van der Waals surface area contributed by atoms with E-state index in [4.69, 9.17) is 11.6 Å². The van der Waals surface area contributed by atoms with Crippen molar-refractivity contribution >= 4 is 11.6 Å². The van der Waals surface area contributed by atoms with Gasteiger partial charge in [-0.2, -0.15) is 0 Å². The summed E-state index contributed by atoms with van der Waals surface area (Å²) in [5, 5.41) is 21.2. The third kappa shape index (κ3) is 4.07. The summed E-state index contributed by atoms with van der Waals surface area (Å²) in [4.78, 5) is 6.71. The second-order valence-corrected chi connectivity index (χ2v) is 6.96. The number of aryl methyl sites for hydroxylation is 1. The number of hydrogen-bond donors (Lipinski definition) is 2. The molecule has 1 atom stereocenters. The van der Waals surface area contributed by atoms with Crippen molar-refractivity contribution < 1.29 is 10.2 Å². The van der Waals surface area contributed by atoms with Gasteiger partial charge in [0, 0.05) is 17.3 Å². The average molecular weight is 347 g/mol. The van der Waals surface area contributed by atoms with Gasteiger partial charge in [-0.25, -0.2) is 0 Å². The molecule has 0 spiro atoms. The molecule has 1 aliphatic heterocycles. The van der Waals surface area contributed by atoms with E-state index in [1.165, 1.54) is 0 Å². The molecule has 2 aromatic rings. The zero-order valence-electron chi connectivity index (χ0n) is 13.8. The number of aliphatic hydroxyl groups is 1. The minimum atomic E-state index is -0.449. The van der Waals surface area contributed by atoms with Crippen molar-refractivity contribution in [2.24, 2.45) is 5.92 Å². The molecule has 0 saturated carbocycles. The van der Waals surface area contributed by atoms with Crippen molar-refractivity contribution in [2.45, 2.75) is 32.4 Å². The van der Waals surface area contributed by atoms with Crippen molar-refractivity contribution in [3.8, 4) is 5.75 Å². The van der Waals surface area contributed by atoms with Gasteiger partial charge in [-0.15, -0.1) is 0 Å². The van der Waals surface area contributed by atoms with Gasteiger partial charge in [0.25, 0.3) is 0 Å². The lowest BCUT2D eigenvalue weighted by Crippen LogP contribution is -2.35. The van der Waals surface area contributed by atoms with Crippen molar-refractivity contribution in [1.82, 2.24) is 9.88 Å². The van der Waals surface area contributed by atoms with Crippen LogP contribution in [0, 0.1) is 12.8 Å². The molecule has 0 bridgehead atoms. The number of piperidine rings is 1. The minimum Gasteiger partial charge on any atom is -0.506 e. The molecule has 1 unspecified atom stereocenters. The Morgan fingerprint density at radius 3 is 2.50 bits per heavy atom. The molecule has 1 fully saturated rings. The highest BCUT2D eigenvalue weighted by Gasteiger charge is 2.26. The van der Waals surface area contributed by atoms with Gasteiger partial charge < -0.3 is 10.2 Å². The van der Waals surface area contributed by atoms with E-state index in [0.29, 0.717) is 11.6 Å². The minimum absolute atomic E-state index is 0.251. The normalized spacial score (nSPS) is 17.8. The van der Waals surface area contributed by atoms with Gasteiger partial charge in [0.2, 0.25) is 0 Å². The summed E-state index contributed by atoms with van der Waals surface area (Å²) in [5.41, 5.74) is 2.57. The van der Waals surface area contributed by atoms with E-state index in [9.17, 15) is 10.2 Å². The number of halogens is 1. The van der Waals surface area contributed by atoms with E-state index in [1.54, 1.807) is 6.07 Å².